The lowest BCUT2D eigenvalue weighted by Gasteiger charge is -2.09. The molecule has 0 aliphatic carbocycles. The van der Waals surface area contributed by atoms with Gasteiger partial charge in [-0.2, -0.15) is 0 Å². The van der Waals surface area contributed by atoms with Crippen LogP contribution in [-0.4, -0.2) is 16.6 Å². The van der Waals surface area contributed by atoms with Crippen LogP contribution in [0.1, 0.15) is 64.9 Å². The van der Waals surface area contributed by atoms with Crippen molar-refractivity contribution < 1.29 is 4.74 Å². The molecule has 1 heterocycles. The summed E-state index contributed by atoms with van der Waals surface area (Å²) >= 11 is 0. The second kappa shape index (κ2) is 10.9. The van der Waals surface area contributed by atoms with Crippen LogP contribution in [0.15, 0.2) is 36.7 Å². The van der Waals surface area contributed by atoms with Crippen LogP contribution in [-0.2, 0) is 6.42 Å². The summed E-state index contributed by atoms with van der Waals surface area (Å²) in [5, 5.41) is 0. The van der Waals surface area contributed by atoms with Crippen molar-refractivity contribution in [3.63, 3.8) is 0 Å². The Morgan fingerprint density at radius 2 is 1.68 bits per heavy atom. The number of hydrogen-bond acceptors (Lipinski definition) is 3. The minimum absolute atomic E-state index is 0.778. The average molecular weight is 341 g/mol. The molecule has 0 amide bonds. The molecule has 1 atom stereocenters. The number of nitrogens with zero attached hydrogens (tertiary/aromatic N) is 2. The van der Waals surface area contributed by atoms with E-state index in [0.717, 1.165) is 42.5 Å². The van der Waals surface area contributed by atoms with E-state index in [4.69, 9.17) is 4.74 Å². The Balaban J connectivity index is 1.79. The lowest BCUT2D eigenvalue weighted by Crippen LogP contribution is -1.99. The molecule has 0 fully saturated rings. The van der Waals surface area contributed by atoms with Crippen LogP contribution in [0.4, 0.5) is 0 Å². The van der Waals surface area contributed by atoms with Gasteiger partial charge in [0.05, 0.1) is 6.61 Å². The second-order valence-corrected chi connectivity index (χ2v) is 6.90. The molecule has 1 aromatic carbocycles. The Labute approximate surface area is 152 Å². The molecule has 3 heteroatoms. The first-order chi connectivity index (χ1) is 12.2. The van der Waals surface area contributed by atoms with Crippen molar-refractivity contribution in [2.75, 3.05) is 6.61 Å². The van der Waals surface area contributed by atoms with Gasteiger partial charge in [-0.15, -0.1) is 0 Å². The first-order valence-corrected chi connectivity index (χ1v) is 9.77. The minimum Gasteiger partial charge on any atom is -0.494 e. The Kier molecular flexibility index (Phi) is 8.44. The quantitative estimate of drug-likeness (QED) is 0.465. The number of rotatable bonds is 11. The summed E-state index contributed by atoms with van der Waals surface area (Å²) in [6.07, 6.45) is 12.3. The highest BCUT2D eigenvalue weighted by molar-refractivity contribution is 5.55. The predicted molar refractivity (Wildman–Crippen MR) is 105 cm³/mol. The predicted octanol–water partition coefficient (Wildman–Crippen LogP) is 6.08. The highest BCUT2D eigenvalue weighted by Crippen LogP contribution is 2.20. The fraction of sp³-hybridized carbons (Fsp3) is 0.545. The molecule has 0 aliphatic heterocycles. The van der Waals surface area contributed by atoms with E-state index in [0.29, 0.717) is 0 Å². The normalized spacial score (nSPS) is 12.1. The van der Waals surface area contributed by atoms with E-state index >= 15 is 0 Å². The largest absolute Gasteiger partial charge is 0.494 e. The number of ether oxygens (including phenoxy) is 1. The average Bonchev–Trinajstić information content (AvgIpc) is 2.67. The zero-order chi connectivity index (χ0) is 17.9. The molecule has 0 aliphatic rings. The van der Waals surface area contributed by atoms with E-state index in [1.54, 1.807) is 0 Å². The van der Waals surface area contributed by atoms with Gasteiger partial charge >= 0.3 is 0 Å². The Morgan fingerprint density at radius 1 is 0.960 bits per heavy atom. The van der Waals surface area contributed by atoms with Crippen molar-refractivity contribution in [3.05, 3.63) is 42.2 Å². The van der Waals surface area contributed by atoms with Gasteiger partial charge in [0, 0.05) is 18.0 Å². The molecule has 2 aromatic rings. The number of unbranched alkanes of at least 4 members (excludes halogenated alkanes) is 2. The smallest absolute Gasteiger partial charge is 0.159 e. The summed E-state index contributed by atoms with van der Waals surface area (Å²) in [5.74, 6) is 2.53. The molecule has 0 saturated heterocycles. The van der Waals surface area contributed by atoms with Gasteiger partial charge in [-0.05, 0) is 61.4 Å². The summed E-state index contributed by atoms with van der Waals surface area (Å²) in [4.78, 5) is 8.98. The molecular weight excluding hydrogens is 308 g/mol. The number of benzene rings is 1. The number of aromatic nitrogens is 2. The zero-order valence-electron chi connectivity index (χ0n) is 16.0. The molecule has 1 unspecified atom stereocenters. The fourth-order valence-corrected chi connectivity index (χ4v) is 2.70. The zero-order valence-corrected chi connectivity index (χ0v) is 16.0. The standard InChI is InChI=1S/C22H32N2O/c1-4-6-10-19-16-23-22(24-17-19)20-11-13-21(14-12-20)25-15-8-7-9-18(3)5-2/h11-14,16-18H,4-10,15H2,1-3H3. The third kappa shape index (κ3) is 6.85. The van der Waals surface area contributed by atoms with Crippen molar-refractivity contribution in [1.82, 2.24) is 9.97 Å². The van der Waals surface area contributed by atoms with E-state index in [2.05, 4.69) is 30.7 Å². The van der Waals surface area contributed by atoms with Crippen LogP contribution < -0.4 is 4.74 Å². The summed E-state index contributed by atoms with van der Waals surface area (Å²) in [6, 6.07) is 8.10. The molecule has 0 bridgehead atoms. The van der Waals surface area contributed by atoms with Crippen molar-refractivity contribution >= 4 is 0 Å². The first-order valence-electron chi connectivity index (χ1n) is 9.77. The molecule has 0 saturated carbocycles. The molecule has 136 valence electrons. The van der Waals surface area contributed by atoms with Crippen molar-refractivity contribution in [2.45, 2.75) is 65.7 Å². The van der Waals surface area contributed by atoms with E-state index < -0.39 is 0 Å². The Hall–Kier alpha value is -1.90. The lowest BCUT2D eigenvalue weighted by molar-refractivity contribution is 0.300. The van der Waals surface area contributed by atoms with Gasteiger partial charge in [0.2, 0.25) is 0 Å². The second-order valence-electron chi connectivity index (χ2n) is 6.90. The Bertz CT molecular complexity index is 592. The van der Waals surface area contributed by atoms with Gasteiger partial charge in [-0.1, -0.05) is 40.0 Å². The first kappa shape index (κ1) is 19.4. The summed E-state index contributed by atoms with van der Waals surface area (Å²) in [5.41, 5.74) is 2.24. The van der Waals surface area contributed by atoms with Crippen molar-refractivity contribution in [3.8, 4) is 17.1 Å². The molecule has 2 rings (SSSR count). The molecule has 25 heavy (non-hydrogen) atoms. The highest BCUT2D eigenvalue weighted by Gasteiger charge is 2.03. The van der Waals surface area contributed by atoms with Gasteiger partial charge in [0.15, 0.2) is 5.82 Å². The maximum atomic E-state index is 5.83. The molecule has 3 nitrogen and oxygen atoms in total. The fourth-order valence-electron chi connectivity index (χ4n) is 2.70. The van der Waals surface area contributed by atoms with Gasteiger partial charge in [-0.3, -0.25) is 0 Å². The van der Waals surface area contributed by atoms with Gasteiger partial charge in [0.1, 0.15) is 5.75 Å². The highest BCUT2D eigenvalue weighted by atomic mass is 16.5. The van der Waals surface area contributed by atoms with Crippen LogP contribution in [0.5, 0.6) is 5.75 Å². The van der Waals surface area contributed by atoms with E-state index in [1.807, 2.05) is 36.7 Å². The van der Waals surface area contributed by atoms with E-state index in [1.165, 1.54) is 37.7 Å². The van der Waals surface area contributed by atoms with E-state index in [-0.39, 0.29) is 0 Å². The molecule has 1 aromatic heterocycles. The number of aryl methyl sites for hydroxylation is 1. The van der Waals surface area contributed by atoms with Crippen LogP contribution in [0.2, 0.25) is 0 Å². The topological polar surface area (TPSA) is 35.0 Å². The lowest BCUT2D eigenvalue weighted by atomic mass is 10.0. The minimum atomic E-state index is 0.778. The monoisotopic (exact) mass is 340 g/mol. The van der Waals surface area contributed by atoms with Crippen molar-refractivity contribution in [2.24, 2.45) is 5.92 Å². The molecule has 0 radical (unpaired) electrons. The maximum Gasteiger partial charge on any atom is 0.159 e. The molecule has 0 N–H and O–H groups in total. The van der Waals surface area contributed by atoms with E-state index in [9.17, 15) is 0 Å². The van der Waals surface area contributed by atoms with Crippen LogP contribution >= 0.6 is 0 Å². The summed E-state index contributed by atoms with van der Waals surface area (Å²) in [6.45, 7) is 7.56. The summed E-state index contributed by atoms with van der Waals surface area (Å²) < 4.78 is 5.83. The number of hydrogen-bond donors (Lipinski definition) is 0. The van der Waals surface area contributed by atoms with Gasteiger partial charge < -0.3 is 4.74 Å². The van der Waals surface area contributed by atoms with Crippen LogP contribution in [0, 0.1) is 5.92 Å². The molecule has 0 spiro atoms. The SMILES string of the molecule is CCCCc1cnc(-c2ccc(OCCCCC(C)CC)cc2)nc1. The third-order valence-corrected chi connectivity index (χ3v) is 4.69. The summed E-state index contributed by atoms with van der Waals surface area (Å²) in [7, 11) is 0. The van der Waals surface area contributed by atoms with Gasteiger partial charge in [0.25, 0.3) is 0 Å². The molecular formula is C22H32N2O. The van der Waals surface area contributed by atoms with Crippen molar-refractivity contribution in [1.29, 1.82) is 0 Å². The van der Waals surface area contributed by atoms with Gasteiger partial charge in [-0.25, -0.2) is 9.97 Å². The maximum absolute atomic E-state index is 5.83. The Morgan fingerprint density at radius 3 is 2.32 bits per heavy atom. The third-order valence-electron chi connectivity index (χ3n) is 4.69. The van der Waals surface area contributed by atoms with Crippen LogP contribution in [0.3, 0.4) is 0 Å². The van der Waals surface area contributed by atoms with Crippen LogP contribution in [0.25, 0.3) is 11.4 Å².